The molecular weight excluding hydrogens is 400 g/mol. The first-order chi connectivity index (χ1) is 14.2. The van der Waals surface area contributed by atoms with Gasteiger partial charge in [0.25, 0.3) is 5.91 Å². The van der Waals surface area contributed by atoms with Crippen molar-refractivity contribution in [2.45, 2.75) is 65.3 Å². The van der Waals surface area contributed by atoms with Crippen LogP contribution in [-0.2, 0) is 33.1 Å². The molecule has 0 saturated heterocycles. The molecule has 1 amide bonds. The van der Waals surface area contributed by atoms with Gasteiger partial charge in [-0.1, -0.05) is 33.8 Å². The van der Waals surface area contributed by atoms with E-state index in [1.165, 1.54) is 4.90 Å². The van der Waals surface area contributed by atoms with Crippen LogP contribution in [0.2, 0.25) is 0 Å². The molecule has 2 atom stereocenters. The number of pyridine rings is 1. The lowest BCUT2D eigenvalue weighted by atomic mass is 9.84. The van der Waals surface area contributed by atoms with Crippen LogP contribution >= 0.6 is 10.5 Å². The standard InChI is InChI=1S/C23H28N2O4S/c1-5-10-30-14-17(15-8-7-9-24-12-15)16-11-18(22(28)29)25(13-19(16)30)21(27)20(26)23(3,4)6-2/h7-9,12,14,18H,5-6,10-11,13H2,1-4H3/p+1. The maximum atomic E-state index is 13.1. The normalized spacial score (nSPS) is 16.9. The van der Waals surface area contributed by atoms with Crippen LogP contribution in [0.15, 0.2) is 29.9 Å². The van der Waals surface area contributed by atoms with Crippen LogP contribution in [0.5, 0.6) is 0 Å². The van der Waals surface area contributed by atoms with Crippen LogP contribution < -0.4 is 0 Å². The molecule has 3 rings (SSSR count). The number of hydrogen-bond acceptors (Lipinski definition) is 4. The molecule has 0 saturated carbocycles. The summed E-state index contributed by atoms with van der Waals surface area (Å²) in [5.74, 6) is -1.34. The topological polar surface area (TPSA) is 87.6 Å². The van der Waals surface area contributed by atoms with E-state index in [0.29, 0.717) is 6.42 Å². The van der Waals surface area contributed by atoms with Gasteiger partial charge in [-0.3, -0.25) is 14.6 Å². The monoisotopic (exact) mass is 429 g/mol. The quantitative estimate of drug-likeness (QED) is 0.525. The van der Waals surface area contributed by atoms with Crippen LogP contribution in [-0.4, -0.2) is 38.7 Å². The number of hydrogen-bond donors (Lipinski definition) is 1. The summed E-state index contributed by atoms with van der Waals surface area (Å²) in [5, 5.41) is 12.1. The zero-order chi connectivity index (χ0) is 22.1. The molecule has 0 aliphatic carbocycles. The summed E-state index contributed by atoms with van der Waals surface area (Å²) in [6, 6.07) is 2.80. The number of carbonyl (C=O) groups excluding carboxylic acids is 2. The van der Waals surface area contributed by atoms with Gasteiger partial charge in [0.15, 0.2) is 4.88 Å². The van der Waals surface area contributed by atoms with Crippen molar-refractivity contribution >= 4 is 28.1 Å². The molecule has 7 heteroatoms. The summed E-state index contributed by atoms with van der Waals surface area (Å²) in [7, 11) is -0.184. The number of fused-ring (bicyclic) bond motifs is 1. The van der Waals surface area contributed by atoms with Crippen LogP contribution in [0.4, 0.5) is 0 Å². The van der Waals surface area contributed by atoms with Crippen molar-refractivity contribution < 1.29 is 19.5 Å². The molecule has 6 nitrogen and oxygen atoms in total. The van der Waals surface area contributed by atoms with Gasteiger partial charge < -0.3 is 10.0 Å². The number of carbonyl (C=O) groups is 3. The third-order valence-electron chi connectivity index (χ3n) is 5.96. The third-order valence-corrected chi connectivity index (χ3v) is 8.34. The average molecular weight is 430 g/mol. The van der Waals surface area contributed by atoms with Gasteiger partial charge in [0.2, 0.25) is 5.78 Å². The number of carboxylic acid groups (broad SMARTS) is 1. The molecule has 160 valence electrons. The summed E-state index contributed by atoms with van der Waals surface area (Å²) in [4.78, 5) is 44.6. The molecule has 1 aliphatic heterocycles. The van der Waals surface area contributed by atoms with Gasteiger partial charge >= 0.3 is 5.97 Å². The average Bonchev–Trinajstić information content (AvgIpc) is 3.10. The molecule has 3 heterocycles. The van der Waals surface area contributed by atoms with Crippen molar-refractivity contribution in [1.29, 1.82) is 0 Å². The molecule has 0 aromatic carbocycles. The van der Waals surface area contributed by atoms with Crippen molar-refractivity contribution in [1.82, 2.24) is 9.88 Å². The Bertz CT molecular complexity index is 965. The van der Waals surface area contributed by atoms with Crippen molar-refractivity contribution in [2.75, 3.05) is 0 Å². The first-order valence-corrected chi connectivity index (χ1v) is 11.8. The summed E-state index contributed by atoms with van der Waals surface area (Å²) >= 11 is 0. The van der Waals surface area contributed by atoms with E-state index in [4.69, 9.17) is 0 Å². The number of rotatable bonds is 7. The highest BCUT2D eigenvalue weighted by Crippen LogP contribution is 2.44. The minimum atomic E-state index is -1.08. The molecule has 0 spiro atoms. The highest BCUT2D eigenvalue weighted by Gasteiger charge is 2.45. The van der Waals surface area contributed by atoms with Gasteiger partial charge in [0.05, 0.1) is 6.54 Å². The number of amides is 1. The predicted octanol–water partition coefficient (Wildman–Crippen LogP) is 4.25. The second-order valence-electron chi connectivity index (χ2n) is 8.37. The third kappa shape index (κ3) is 4.03. The Balaban J connectivity index is 2.07. The van der Waals surface area contributed by atoms with E-state index in [1.807, 2.05) is 19.1 Å². The minimum absolute atomic E-state index is 0.184. The van der Waals surface area contributed by atoms with E-state index in [0.717, 1.165) is 33.7 Å². The van der Waals surface area contributed by atoms with Gasteiger partial charge in [-0.2, -0.15) is 0 Å². The first-order valence-electron chi connectivity index (χ1n) is 10.3. The highest BCUT2D eigenvalue weighted by atomic mass is 32.2. The summed E-state index contributed by atoms with van der Waals surface area (Å²) in [6.45, 7) is 7.63. The van der Waals surface area contributed by atoms with Crippen LogP contribution in [0.1, 0.15) is 51.0 Å². The number of Topliss-reactive ketones (excluding diaryl/α,β-unsaturated/α-hetero) is 1. The number of ketones is 1. The molecule has 1 aliphatic rings. The van der Waals surface area contributed by atoms with Gasteiger partial charge in [-0.25, -0.2) is 4.79 Å². The maximum Gasteiger partial charge on any atom is 0.326 e. The van der Waals surface area contributed by atoms with Crippen molar-refractivity contribution in [3.05, 3.63) is 40.3 Å². The number of aliphatic carboxylic acids is 1. The molecule has 0 radical (unpaired) electrons. The summed E-state index contributed by atoms with van der Waals surface area (Å²) in [6.07, 6.45) is 5.21. The van der Waals surface area contributed by atoms with Gasteiger partial charge in [0.1, 0.15) is 17.2 Å². The SMILES string of the molecule is CCC[s+]1cc(-c2cccnc2)c2c1CN(C(=O)C(=O)C(C)(C)CC)C(C(=O)O)C2. The van der Waals surface area contributed by atoms with Gasteiger partial charge in [-0.05, 0) is 29.4 Å². The van der Waals surface area contributed by atoms with Gasteiger partial charge in [-0.15, -0.1) is 0 Å². The molecular formula is C23H29N2O4S+. The molecule has 2 aromatic rings. The van der Waals surface area contributed by atoms with Crippen molar-refractivity contribution in [2.24, 2.45) is 5.41 Å². The Morgan fingerprint density at radius 2 is 2.03 bits per heavy atom. The van der Waals surface area contributed by atoms with Gasteiger partial charge in [0, 0.05) is 40.9 Å². The van der Waals surface area contributed by atoms with E-state index < -0.39 is 29.1 Å². The lowest BCUT2D eigenvalue weighted by Crippen LogP contribution is -2.52. The van der Waals surface area contributed by atoms with Crippen LogP contribution in [0, 0.1) is 5.41 Å². The molecule has 2 aromatic heterocycles. The fraction of sp³-hybridized carbons (Fsp3) is 0.478. The maximum absolute atomic E-state index is 13.1. The Labute approximate surface area is 179 Å². The number of aromatic nitrogens is 1. The summed E-state index contributed by atoms with van der Waals surface area (Å²) < 4.78 is 0. The molecule has 2 unspecified atom stereocenters. The zero-order valence-electron chi connectivity index (χ0n) is 18.0. The lowest BCUT2D eigenvalue weighted by Gasteiger charge is -2.33. The number of aryl methyl sites for hydroxylation is 1. The Morgan fingerprint density at radius 3 is 2.60 bits per heavy atom. The van der Waals surface area contributed by atoms with E-state index in [2.05, 4.69) is 17.3 Å². The summed E-state index contributed by atoms with van der Waals surface area (Å²) in [5.41, 5.74) is 2.17. The van der Waals surface area contributed by atoms with Crippen LogP contribution in [0.25, 0.3) is 11.1 Å². The first kappa shape index (κ1) is 22.2. The second-order valence-corrected chi connectivity index (χ2v) is 10.4. The molecule has 0 bridgehead atoms. The van der Waals surface area contributed by atoms with Crippen molar-refractivity contribution in [3.63, 3.8) is 0 Å². The Hall–Kier alpha value is -2.54. The second kappa shape index (κ2) is 8.68. The van der Waals surface area contributed by atoms with E-state index in [1.54, 1.807) is 26.2 Å². The largest absolute Gasteiger partial charge is 0.480 e. The number of nitrogens with zero attached hydrogens (tertiary/aromatic N) is 2. The zero-order valence-corrected chi connectivity index (χ0v) is 18.8. The van der Waals surface area contributed by atoms with E-state index in [9.17, 15) is 19.5 Å². The number of thiophene rings is 1. The smallest absolute Gasteiger partial charge is 0.326 e. The fourth-order valence-corrected chi connectivity index (χ4v) is 6.07. The predicted molar refractivity (Wildman–Crippen MR) is 117 cm³/mol. The van der Waals surface area contributed by atoms with E-state index >= 15 is 0 Å². The fourth-order valence-electron chi connectivity index (χ4n) is 3.74. The molecule has 30 heavy (non-hydrogen) atoms. The minimum Gasteiger partial charge on any atom is -0.480 e. The molecule has 1 N–H and O–H groups in total. The lowest BCUT2D eigenvalue weighted by molar-refractivity contribution is -0.157. The van der Waals surface area contributed by atoms with E-state index in [-0.39, 0.29) is 23.4 Å². The van der Waals surface area contributed by atoms with Crippen molar-refractivity contribution in [3.8, 4) is 11.1 Å². The molecule has 0 fully saturated rings. The Kier molecular flexibility index (Phi) is 6.41. The number of carboxylic acids is 1. The Morgan fingerprint density at radius 1 is 1.30 bits per heavy atom. The highest BCUT2D eigenvalue weighted by molar-refractivity contribution is 7.29. The van der Waals surface area contributed by atoms with Crippen LogP contribution in [0.3, 0.4) is 0 Å².